The van der Waals surface area contributed by atoms with Crippen LogP contribution in [0.3, 0.4) is 0 Å². The normalized spacial score (nSPS) is 12.3. The van der Waals surface area contributed by atoms with Crippen LogP contribution in [0.4, 0.5) is 4.39 Å². The van der Waals surface area contributed by atoms with Crippen LogP contribution in [-0.4, -0.2) is 15.7 Å². The summed E-state index contributed by atoms with van der Waals surface area (Å²) in [6.45, 7) is 4.11. The molecule has 0 bridgehead atoms. The van der Waals surface area contributed by atoms with Crippen molar-refractivity contribution in [1.29, 1.82) is 0 Å². The lowest BCUT2D eigenvalue weighted by Gasteiger charge is -2.11. The third kappa shape index (κ3) is 4.87. The Morgan fingerprint density at radius 2 is 1.89 bits per heavy atom. The van der Waals surface area contributed by atoms with E-state index in [1.165, 1.54) is 18.2 Å². The van der Waals surface area contributed by atoms with Crippen LogP contribution in [0, 0.1) is 12.7 Å². The first kappa shape index (κ1) is 19.8. The van der Waals surface area contributed by atoms with Crippen LogP contribution in [0.15, 0.2) is 60.7 Å². The molecule has 6 heteroatoms. The van der Waals surface area contributed by atoms with E-state index in [2.05, 4.69) is 5.10 Å². The Bertz CT molecular complexity index is 982. The number of aryl methyl sites for hydroxylation is 1. The number of aromatic nitrogens is 2. The Balaban J connectivity index is 1.68. The largest absolute Gasteiger partial charge is 0.455 e. The highest BCUT2D eigenvalue weighted by molar-refractivity contribution is 6.31. The molecule has 0 saturated heterocycles. The molecule has 1 atom stereocenters. The molecular weight excluding hydrogens is 379 g/mol. The van der Waals surface area contributed by atoms with Crippen molar-refractivity contribution >= 4 is 23.6 Å². The molecule has 28 heavy (non-hydrogen) atoms. The predicted octanol–water partition coefficient (Wildman–Crippen LogP) is 5.35. The minimum Gasteiger partial charge on any atom is -0.455 e. The smallest absolute Gasteiger partial charge is 0.331 e. The van der Waals surface area contributed by atoms with Crippen molar-refractivity contribution in [2.24, 2.45) is 0 Å². The van der Waals surface area contributed by atoms with E-state index < -0.39 is 12.1 Å². The van der Waals surface area contributed by atoms with Gasteiger partial charge in [-0.3, -0.25) is 0 Å². The topological polar surface area (TPSA) is 44.1 Å². The van der Waals surface area contributed by atoms with Gasteiger partial charge in [0.05, 0.1) is 12.2 Å². The molecule has 0 aliphatic carbocycles. The number of carbonyl (C=O) groups excluding carboxylic acids is 1. The van der Waals surface area contributed by atoms with Gasteiger partial charge in [-0.05, 0) is 43.2 Å². The maximum Gasteiger partial charge on any atom is 0.331 e. The first-order valence-electron chi connectivity index (χ1n) is 8.85. The summed E-state index contributed by atoms with van der Waals surface area (Å²) >= 11 is 6.44. The zero-order valence-electron chi connectivity index (χ0n) is 15.6. The summed E-state index contributed by atoms with van der Waals surface area (Å²) < 4.78 is 20.1. The second-order valence-corrected chi connectivity index (χ2v) is 6.76. The van der Waals surface area contributed by atoms with Crippen molar-refractivity contribution in [2.75, 3.05) is 0 Å². The molecule has 3 rings (SSSR count). The highest BCUT2D eigenvalue weighted by atomic mass is 35.5. The van der Waals surface area contributed by atoms with E-state index in [1.54, 1.807) is 29.8 Å². The number of halogens is 2. The molecule has 0 aliphatic heterocycles. The molecule has 144 valence electrons. The lowest BCUT2D eigenvalue weighted by Crippen LogP contribution is -2.06. The average molecular weight is 399 g/mol. The lowest BCUT2D eigenvalue weighted by molar-refractivity contribution is -0.142. The number of nitrogens with zero attached hydrogens (tertiary/aromatic N) is 2. The molecule has 0 aliphatic rings. The lowest BCUT2D eigenvalue weighted by atomic mass is 10.1. The van der Waals surface area contributed by atoms with Gasteiger partial charge in [-0.25, -0.2) is 13.9 Å². The quantitative estimate of drug-likeness (QED) is 0.415. The molecule has 0 amide bonds. The van der Waals surface area contributed by atoms with Gasteiger partial charge in [-0.1, -0.05) is 54.1 Å². The maximum absolute atomic E-state index is 13.0. The fourth-order valence-corrected chi connectivity index (χ4v) is 3.08. The number of ether oxygens (including phenoxy) is 1. The number of hydrogen-bond acceptors (Lipinski definition) is 3. The third-order valence-electron chi connectivity index (χ3n) is 4.30. The summed E-state index contributed by atoms with van der Waals surface area (Å²) in [6, 6.07) is 15.7. The second kappa shape index (κ2) is 8.85. The van der Waals surface area contributed by atoms with Gasteiger partial charge < -0.3 is 4.74 Å². The molecule has 0 fully saturated rings. The van der Waals surface area contributed by atoms with Gasteiger partial charge >= 0.3 is 5.97 Å². The molecule has 0 saturated carbocycles. The van der Waals surface area contributed by atoms with E-state index in [4.69, 9.17) is 16.3 Å². The van der Waals surface area contributed by atoms with Crippen LogP contribution in [0.1, 0.15) is 35.4 Å². The van der Waals surface area contributed by atoms with Crippen LogP contribution in [0.5, 0.6) is 0 Å². The molecular formula is C22H20ClFN2O2. The third-order valence-corrected chi connectivity index (χ3v) is 4.70. The molecule has 0 unspecified atom stereocenters. The van der Waals surface area contributed by atoms with Crippen LogP contribution in [0.2, 0.25) is 5.15 Å². The number of carbonyl (C=O) groups is 1. The molecule has 0 spiro atoms. The molecule has 1 aromatic heterocycles. The highest BCUT2D eigenvalue weighted by Gasteiger charge is 2.13. The summed E-state index contributed by atoms with van der Waals surface area (Å²) in [7, 11) is 0. The summed E-state index contributed by atoms with van der Waals surface area (Å²) in [5.74, 6) is -0.845. The van der Waals surface area contributed by atoms with E-state index in [9.17, 15) is 9.18 Å². The minimum atomic E-state index is -0.511. The van der Waals surface area contributed by atoms with Crippen molar-refractivity contribution in [3.8, 4) is 0 Å². The average Bonchev–Trinajstić information content (AvgIpc) is 2.94. The first-order chi connectivity index (χ1) is 13.4. The van der Waals surface area contributed by atoms with Gasteiger partial charge in [0.1, 0.15) is 17.1 Å². The number of benzene rings is 2. The van der Waals surface area contributed by atoms with Crippen molar-refractivity contribution in [1.82, 2.24) is 9.78 Å². The highest BCUT2D eigenvalue weighted by Crippen LogP contribution is 2.23. The molecule has 3 aromatic rings. The molecule has 0 N–H and O–H groups in total. The van der Waals surface area contributed by atoms with Crippen molar-refractivity contribution < 1.29 is 13.9 Å². The predicted molar refractivity (Wildman–Crippen MR) is 107 cm³/mol. The van der Waals surface area contributed by atoms with Crippen molar-refractivity contribution in [2.45, 2.75) is 26.5 Å². The van der Waals surface area contributed by atoms with Gasteiger partial charge in [0, 0.05) is 11.6 Å². The number of esters is 1. The zero-order chi connectivity index (χ0) is 20.1. The van der Waals surface area contributed by atoms with Gasteiger partial charge in [0.15, 0.2) is 0 Å². The van der Waals surface area contributed by atoms with Crippen molar-refractivity contribution in [3.05, 3.63) is 94.0 Å². The van der Waals surface area contributed by atoms with Gasteiger partial charge in [0.25, 0.3) is 0 Å². The molecule has 0 radical (unpaired) electrons. The second-order valence-electron chi connectivity index (χ2n) is 6.40. The van der Waals surface area contributed by atoms with Crippen LogP contribution in [0.25, 0.3) is 6.08 Å². The van der Waals surface area contributed by atoms with Gasteiger partial charge in [-0.15, -0.1) is 0 Å². The Hall–Kier alpha value is -2.92. The molecule has 1 heterocycles. The molecule has 4 nitrogen and oxygen atoms in total. The molecule has 2 aromatic carbocycles. The number of rotatable bonds is 6. The van der Waals surface area contributed by atoms with E-state index in [0.29, 0.717) is 22.8 Å². The summed E-state index contributed by atoms with van der Waals surface area (Å²) in [5.41, 5.74) is 3.18. The Morgan fingerprint density at radius 3 is 2.57 bits per heavy atom. The maximum atomic E-state index is 13.0. The van der Waals surface area contributed by atoms with E-state index >= 15 is 0 Å². The van der Waals surface area contributed by atoms with Crippen LogP contribution < -0.4 is 0 Å². The van der Waals surface area contributed by atoms with E-state index in [-0.39, 0.29) is 5.82 Å². The summed E-state index contributed by atoms with van der Waals surface area (Å²) in [4.78, 5) is 12.1. The van der Waals surface area contributed by atoms with Crippen LogP contribution in [-0.2, 0) is 16.1 Å². The number of hydrogen-bond donors (Lipinski definition) is 0. The Kier molecular flexibility index (Phi) is 6.26. The van der Waals surface area contributed by atoms with E-state index in [1.807, 2.05) is 37.3 Å². The summed E-state index contributed by atoms with van der Waals surface area (Å²) in [6.07, 6.45) is 2.43. The fraction of sp³-hybridized carbons (Fsp3) is 0.182. The summed E-state index contributed by atoms with van der Waals surface area (Å²) in [5, 5.41) is 4.90. The van der Waals surface area contributed by atoms with E-state index in [0.717, 1.165) is 11.3 Å². The Morgan fingerprint density at radius 1 is 1.21 bits per heavy atom. The van der Waals surface area contributed by atoms with Crippen molar-refractivity contribution in [3.63, 3.8) is 0 Å². The fourth-order valence-electron chi connectivity index (χ4n) is 2.78. The minimum absolute atomic E-state index is 0.334. The standard InChI is InChI=1S/C22H20ClFN2O2/c1-15-20(22(23)26(25-15)14-17-6-4-3-5-7-17)12-13-21(27)28-16(2)18-8-10-19(24)11-9-18/h3-13,16H,14H2,1-2H3/b13-12+/t16-/m0/s1. The first-order valence-corrected chi connectivity index (χ1v) is 9.23. The SMILES string of the molecule is Cc1nn(Cc2ccccc2)c(Cl)c1/C=C/C(=O)O[C@@H](C)c1ccc(F)cc1. The van der Waals surface area contributed by atoms with Gasteiger partial charge in [0.2, 0.25) is 0 Å². The van der Waals surface area contributed by atoms with Gasteiger partial charge in [-0.2, -0.15) is 5.10 Å². The monoisotopic (exact) mass is 398 g/mol. The van der Waals surface area contributed by atoms with Crippen LogP contribution >= 0.6 is 11.6 Å². The zero-order valence-corrected chi connectivity index (χ0v) is 16.4. The Labute approximate surface area is 168 Å².